The van der Waals surface area contributed by atoms with E-state index in [-0.39, 0.29) is 11.7 Å². The van der Waals surface area contributed by atoms with Crippen LogP contribution in [-0.4, -0.2) is 22.7 Å². The third-order valence-corrected chi connectivity index (χ3v) is 3.49. The van der Waals surface area contributed by atoms with Crippen LogP contribution in [0.25, 0.3) is 0 Å². The largest absolute Gasteiger partial charge is 0.382 e. The molecule has 1 aliphatic carbocycles. The second-order valence-corrected chi connectivity index (χ2v) is 5.44. The number of carbonyl (C=O) groups is 2. The Morgan fingerprint density at radius 2 is 1.82 bits per heavy atom. The number of amides is 1. The van der Waals surface area contributed by atoms with Crippen LogP contribution in [0.15, 0.2) is 42.6 Å². The molecule has 112 valence electrons. The van der Waals surface area contributed by atoms with Crippen molar-refractivity contribution in [2.45, 2.75) is 25.8 Å². The molecule has 3 rings (SSSR count). The lowest BCUT2D eigenvalue weighted by atomic mass is 10.1. The van der Waals surface area contributed by atoms with Crippen LogP contribution in [0.3, 0.4) is 0 Å². The van der Waals surface area contributed by atoms with E-state index >= 15 is 0 Å². The first-order chi connectivity index (χ1) is 10.6. The van der Waals surface area contributed by atoms with Crippen LogP contribution in [0.4, 0.5) is 11.4 Å². The van der Waals surface area contributed by atoms with Gasteiger partial charge in [-0.1, -0.05) is 0 Å². The molecule has 1 amide bonds. The van der Waals surface area contributed by atoms with Gasteiger partial charge in [-0.05, 0) is 56.2 Å². The van der Waals surface area contributed by atoms with Crippen LogP contribution in [0, 0.1) is 0 Å². The van der Waals surface area contributed by atoms with Crippen molar-refractivity contribution in [3.8, 4) is 0 Å². The maximum atomic E-state index is 12.2. The highest BCUT2D eigenvalue weighted by atomic mass is 16.2. The number of rotatable bonds is 5. The summed E-state index contributed by atoms with van der Waals surface area (Å²) in [7, 11) is 0. The summed E-state index contributed by atoms with van der Waals surface area (Å²) in [5.74, 6) is -0.270. The molecule has 22 heavy (non-hydrogen) atoms. The fourth-order valence-corrected chi connectivity index (χ4v) is 2.09. The first-order valence-corrected chi connectivity index (χ1v) is 7.27. The van der Waals surface area contributed by atoms with E-state index in [1.165, 1.54) is 19.8 Å². The Kier molecular flexibility index (Phi) is 3.87. The minimum Gasteiger partial charge on any atom is -0.382 e. The predicted molar refractivity (Wildman–Crippen MR) is 85.3 cm³/mol. The number of hydrogen-bond donors (Lipinski definition) is 2. The zero-order valence-electron chi connectivity index (χ0n) is 12.3. The van der Waals surface area contributed by atoms with E-state index in [0.717, 1.165) is 5.69 Å². The fraction of sp³-hybridized carbons (Fsp3) is 0.235. The summed E-state index contributed by atoms with van der Waals surface area (Å²) in [6.07, 6.45) is 3.97. The highest BCUT2D eigenvalue weighted by Crippen LogP contribution is 2.24. The van der Waals surface area contributed by atoms with E-state index in [2.05, 4.69) is 15.6 Å². The SMILES string of the molecule is CC(=O)c1ccc(NC(=O)c2cc(NC3CC3)ccn2)cc1. The van der Waals surface area contributed by atoms with Gasteiger partial charge in [0.25, 0.3) is 5.91 Å². The first-order valence-electron chi connectivity index (χ1n) is 7.27. The van der Waals surface area contributed by atoms with E-state index in [1.807, 2.05) is 6.07 Å². The average Bonchev–Trinajstić information content (AvgIpc) is 3.32. The van der Waals surface area contributed by atoms with Gasteiger partial charge in [-0.15, -0.1) is 0 Å². The summed E-state index contributed by atoms with van der Waals surface area (Å²) in [5.41, 5.74) is 2.53. The van der Waals surface area contributed by atoms with Crippen molar-refractivity contribution in [3.05, 3.63) is 53.9 Å². The minimum atomic E-state index is -0.268. The lowest BCUT2D eigenvalue weighted by Gasteiger charge is -2.08. The van der Waals surface area contributed by atoms with Crippen molar-refractivity contribution in [2.24, 2.45) is 0 Å². The molecule has 1 aromatic carbocycles. The van der Waals surface area contributed by atoms with Gasteiger partial charge in [0.05, 0.1) is 0 Å². The maximum absolute atomic E-state index is 12.2. The smallest absolute Gasteiger partial charge is 0.274 e. The molecule has 1 heterocycles. The van der Waals surface area contributed by atoms with Gasteiger partial charge in [0.2, 0.25) is 0 Å². The molecule has 0 unspecified atom stereocenters. The number of nitrogens with one attached hydrogen (secondary N) is 2. The van der Waals surface area contributed by atoms with Gasteiger partial charge in [0.15, 0.2) is 5.78 Å². The number of benzene rings is 1. The van der Waals surface area contributed by atoms with E-state index in [1.54, 1.807) is 36.5 Å². The summed E-state index contributed by atoms with van der Waals surface area (Å²) in [4.78, 5) is 27.5. The molecule has 5 heteroatoms. The lowest BCUT2D eigenvalue weighted by molar-refractivity contribution is 0.101. The second kappa shape index (κ2) is 5.97. The number of nitrogens with zero attached hydrogens (tertiary/aromatic N) is 1. The van der Waals surface area contributed by atoms with Gasteiger partial charge in [0, 0.05) is 29.2 Å². The second-order valence-electron chi connectivity index (χ2n) is 5.44. The van der Waals surface area contributed by atoms with Gasteiger partial charge in [0.1, 0.15) is 5.69 Å². The monoisotopic (exact) mass is 295 g/mol. The van der Waals surface area contributed by atoms with Crippen molar-refractivity contribution in [1.82, 2.24) is 4.98 Å². The number of ketones is 1. The third kappa shape index (κ3) is 3.49. The molecule has 0 atom stereocenters. The molecule has 0 aliphatic heterocycles. The molecule has 2 N–H and O–H groups in total. The van der Waals surface area contributed by atoms with Gasteiger partial charge < -0.3 is 10.6 Å². The first kappa shape index (κ1) is 14.3. The molecule has 0 bridgehead atoms. The van der Waals surface area contributed by atoms with Crippen LogP contribution in [0.1, 0.15) is 40.6 Å². The molecule has 1 fully saturated rings. The fourth-order valence-electron chi connectivity index (χ4n) is 2.09. The summed E-state index contributed by atoms with van der Waals surface area (Å²) in [6.45, 7) is 1.51. The van der Waals surface area contributed by atoms with E-state index < -0.39 is 0 Å². The van der Waals surface area contributed by atoms with Crippen LogP contribution >= 0.6 is 0 Å². The Morgan fingerprint density at radius 1 is 1.09 bits per heavy atom. The topological polar surface area (TPSA) is 71.1 Å². The van der Waals surface area contributed by atoms with Gasteiger partial charge in [-0.3, -0.25) is 14.6 Å². The highest BCUT2D eigenvalue weighted by Gasteiger charge is 2.21. The van der Waals surface area contributed by atoms with Crippen molar-refractivity contribution in [3.63, 3.8) is 0 Å². The number of hydrogen-bond acceptors (Lipinski definition) is 4. The molecule has 5 nitrogen and oxygen atoms in total. The van der Waals surface area contributed by atoms with Crippen molar-refractivity contribution in [1.29, 1.82) is 0 Å². The molecule has 1 saturated carbocycles. The number of anilines is 2. The molecule has 1 aromatic heterocycles. The highest BCUT2D eigenvalue weighted by molar-refractivity contribution is 6.03. The summed E-state index contributed by atoms with van der Waals surface area (Å²) in [5, 5.41) is 6.12. The Balaban J connectivity index is 1.69. The summed E-state index contributed by atoms with van der Waals surface area (Å²) in [6, 6.07) is 10.9. The Hall–Kier alpha value is -2.69. The Labute approximate surface area is 128 Å². The quantitative estimate of drug-likeness (QED) is 0.831. The van der Waals surface area contributed by atoms with Crippen LogP contribution in [0.2, 0.25) is 0 Å². The molecular formula is C17H17N3O2. The van der Waals surface area contributed by atoms with Gasteiger partial charge in [-0.25, -0.2) is 0 Å². The van der Waals surface area contributed by atoms with E-state index in [4.69, 9.17) is 0 Å². The molecule has 0 radical (unpaired) electrons. The van der Waals surface area contributed by atoms with Crippen LogP contribution < -0.4 is 10.6 Å². The number of carbonyl (C=O) groups excluding carboxylic acids is 2. The third-order valence-electron chi connectivity index (χ3n) is 3.49. The van der Waals surface area contributed by atoms with E-state index in [0.29, 0.717) is 23.0 Å². The van der Waals surface area contributed by atoms with Gasteiger partial charge >= 0.3 is 0 Å². The lowest BCUT2D eigenvalue weighted by Crippen LogP contribution is -2.14. The normalized spacial score (nSPS) is 13.5. The Bertz CT molecular complexity index is 706. The standard InChI is InChI=1S/C17H17N3O2/c1-11(21)12-2-4-14(5-3-12)20-17(22)16-10-15(8-9-18-16)19-13-6-7-13/h2-5,8-10,13H,6-7H2,1H3,(H,18,19)(H,20,22). The maximum Gasteiger partial charge on any atom is 0.274 e. The molecule has 1 aliphatic rings. The average molecular weight is 295 g/mol. The van der Waals surface area contributed by atoms with Crippen molar-refractivity contribution in [2.75, 3.05) is 10.6 Å². The molecule has 0 spiro atoms. The summed E-state index contributed by atoms with van der Waals surface area (Å²) >= 11 is 0. The van der Waals surface area contributed by atoms with Crippen molar-refractivity contribution >= 4 is 23.1 Å². The number of Topliss-reactive ketones (excluding diaryl/α,β-unsaturated/α-hetero) is 1. The molecule has 0 saturated heterocycles. The summed E-state index contributed by atoms with van der Waals surface area (Å²) < 4.78 is 0. The zero-order chi connectivity index (χ0) is 15.5. The molecule has 2 aromatic rings. The molecular weight excluding hydrogens is 278 g/mol. The van der Waals surface area contributed by atoms with E-state index in [9.17, 15) is 9.59 Å². The van der Waals surface area contributed by atoms with Crippen molar-refractivity contribution < 1.29 is 9.59 Å². The number of aromatic nitrogens is 1. The predicted octanol–water partition coefficient (Wildman–Crippen LogP) is 3.11. The number of pyridine rings is 1. The van der Waals surface area contributed by atoms with Crippen LogP contribution in [0.5, 0.6) is 0 Å². The van der Waals surface area contributed by atoms with Gasteiger partial charge in [-0.2, -0.15) is 0 Å². The van der Waals surface area contributed by atoms with Crippen LogP contribution in [-0.2, 0) is 0 Å². The zero-order valence-corrected chi connectivity index (χ0v) is 12.3. The Morgan fingerprint density at radius 3 is 2.45 bits per heavy atom. The minimum absolute atomic E-state index is 0.00149.